The van der Waals surface area contributed by atoms with Gasteiger partial charge in [0.2, 0.25) is 0 Å². The van der Waals surface area contributed by atoms with Gasteiger partial charge in [0.15, 0.2) is 0 Å². The molecule has 0 radical (unpaired) electrons. The number of hydrogen-bond acceptors (Lipinski definition) is 3. The van der Waals surface area contributed by atoms with E-state index in [1.807, 2.05) is 35.0 Å². The van der Waals surface area contributed by atoms with Crippen molar-refractivity contribution in [3.05, 3.63) is 80.8 Å². The van der Waals surface area contributed by atoms with Crippen LogP contribution in [-0.4, -0.2) is 14.6 Å². The Bertz CT molecular complexity index is 872. The van der Waals surface area contributed by atoms with Crippen molar-refractivity contribution in [1.29, 1.82) is 0 Å². The highest BCUT2D eigenvalue weighted by molar-refractivity contribution is 8.16. The zero-order chi connectivity index (χ0) is 18.5. The first-order valence-corrected chi connectivity index (χ1v) is 11.2. The number of aromatic nitrogens is 2. The summed E-state index contributed by atoms with van der Waals surface area (Å²) >= 11 is 28.2. The number of imidazole rings is 1. The molecule has 3 rings (SSSR count). The van der Waals surface area contributed by atoms with Gasteiger partial charge in [0, 0.05) is 49.2 Å². The minimum atomic E-state index is 0.160. The van der Waals surface area contributed by atoms with Crippen LogP contribution >= 0.6 is 69.9 Å². The molecule has 0 amide bonds. The van der Waals surface area contributed by atoms with E-state index < -0.39 is 0 Å². The first-order valence-electron chi connectivity index (χ1n) is 7.63. The van der Waals surface area contributed by atoms with Crippen molar-refractivity contribution in [2.45, 2.75) is 16.7 Å². The van der Waals surface area contributed by atoms with Crippen LogP contribution in [0.25, 0.3) is 0 Å². The molecular weight excluding hydrogens is 450 g/mol. The van der Waals surface area contributed by atoms with E-state index in [0.717, 1.165) is 22.1 Å². The maximum atomic E-state index is 6.44. The van der Waals surface area contributed by atoms with Gasteiger partial charge in [-0.25, -0.2) is 4.98 Å². The van der Waals surface area contributed by atoms with Crippen molar-refractivity contribution in [3.63, 3.8) is 0 Å². The molecule has 1 atom stereocenters. The predicted octanol–water partition coefficient (Wildman–Crippen LogP) is 7.72. The predicted molar refractivity (Wildman–Crippen MR) is 116 cm³/mol. The fourth-order valence-corrected chi connectivity index (χ4v) is 6.00. The standard InChI is InChI=1S/C18H14Cl4N2S2/c19-12-1-3-14(15(21)7-12)18(9-24-6-5-23-10-24)26-11-25-17-4-2-13(20)8-16(17)22/h1-8,10,18H,9,11H2. The van der Waals surface area contributed by atoms with Gasteiger partial charge in [-0.15, -0.1) is 23.5 Å². The van der Waals surface area contributed by atoms with E-state index in [-0.39, 0.29) is 5.25 Å². The van der Waals surface area contributed by atoms with Gasteiger partial charge in [0.05, 0.1) is 11.3 Å². The first kappa shape index (κ1) is 20.2. The Labute approximate surface area is 181 Å². The van der Waals surface area contributed by atoms with E-state index in [1.165, 1.54) is 0 Å². The van der Waals surface area contributed by atoms with E-state index in [4.69, 9.17) is 46.4 Å². The number of rotatable bonds is 7. The minimum absolute atomic E-state index is 0.160. The zero-order valence-electron chi connectivity index (χ0n) is 13.4. The van der Waals surface area contributed by atoms with Crippen LogP contribution in [0.3, 0.4) is 0 Å². The molecule has 0 fully saturated rings. The molecule has 2 aromatic carbocycles. The van der Waals surface area contributed by atoms with Crippen molar-refractivity contribution < 1.29 is 0 Å². The highest BCUT2D eigenvalue weighted by Gasteiger charge is 2.17. The third-order valence-corrected chi connectivity index (χ3v) is 7.33. The number of nitrogens with zero attached hydrogens (tertiary/aromatic N) is 2. The van der Waals surface area contributed by atoms with Crippen LogP contribution in [0.4, 0.5) is 0 Å². The smallest absolute Gasteiger partial charge is 0.0946 e. The lowest BCUT2D eigenvalue weighted by Crippen LogP contribution is -2.06. The van der Waals surface area contributed by atoms with Gasteiger partial charge in [0.1, 0.15) is 0 Å². The number of halogens is 4. The summed E-state index contributed by atoms with van der Waals surface area (Å²) in [7, 11) is 0. The highest BCUT2D eigenvalue weighted by atomic mass is 35.5. The molecule has 1 heterocycles. The Morgan fingerprint density at radius 2 is 1.69 bits per heavy atom. The minimum Gasteiger partial charge on any atom is -0.336 e. The number of hydrogen-bond donors (Lipinski definition) is 0. The zero-order valence-corrected chi connectivity index (χ0v) is 18.1. The van der Waals surface area contributed by atoms with E-state index >= 15 is 0 Å². The normalized spacial score (nSPS) is 12.3. The van der Waals surface area contributed by atoms with Crippen LogP contribution in [0.15, 0.2) is 60.0 Å². The summed E-state index contributed by atoms with van der Waals surface area (Å²) in [6.45, 7) is 0.765. The Morgan fingerprint density at radius 1 is 0.962 bits per heavy atom. The van der Waals surface area contributed by atoms with Crippen LogP contribution in [0.1, 0.15) is 10.8 Å². The van der Waals surface area contributed by atoms with E-state index in [1.54, 1.807) is 48.2 Å². The molecule has 8 heteroatoms. The van der Waals surface area contributed by atoms with Crippen molar-refractivity contribution >= 4 is 69.9 Å². The fourth-order valence-electron chi connectivity index (χ4n) is 2.36. The molecule has 1 unspecified atom stereocenters. The molecule has 0 aliphatic rings. The first-order chi connectivity index (χ1) is 12.5. The molecule has 3 aromatic rings. The molecule has 0 saturated heterocycles. The van der Waals surface area contributed by atoms with Crippen molar-refractivity contribution in [2.24, 2.45) is 0 Å². The van der Waals surface area contributed by atoms with Crippen molar-refractivity contribution in [1.82, 2.24) is 9.55 Å². The van der Waals surface area contributed by atoms with Crippen molar-refractivity contribution in [3.8, 4) is 0 Å². The largest absolute Gasteiger partial charge is 0.336 e. The van der Waals surface area contributed by atoms with Crippen LogP contribution in [0.2, 0.25) is 20.1 Å². The Kier molecular flexibility index (Phi) is 7.50. The van der Waals surface area contributed by atoms with E-state index in [2.05, 4.69) is 4.98 Å². The van der Waals surface area contributed by atoms with Crippen molar-refractivity contribution in [2.75, 3.05) is 5.08 Å². The van der Waals surface area contributed by atoms with Gasteiger partial charge < -0.3 is 4.57 Å². The van der Waals surface area contributed by atoms with Crippen LogP contribution < -0.4 is 0 Å². The maximum absolute atomic E-state index is 6.44. The summed E-state index contributed by atoms with van der Waals surface area (Å²) in [6.07, 6.45) is 5.52. The molecule has 0 saturated carbocycles. The van der Waals surface area contributed by atoms with Crippen LogP contribution in [0.5, 0.6) is 0 Å². The summed E-state index contributed by atoms with van der Waals surface area (Å²) in [6, 6.07) is 11.2. The molecule has 0 aliphatic carbocycles. The summed E-state index contributed by atoms with van der Waals surface area (Å²) in [5, 5.41) is 3.58. The lowest BCUT2D eigenvalue weighted by molar-refractivity contribution is 0.684. The molecule has 2 nitrogen and oxygen atoms in total. The quantitative estimate of drug-likeness (QED) is 0.263. The number of thioether (sulfide) groups is 2. The number of benzene rings is 2. The Hall–Kier alpha value is -0.490. The molecule has 0 N–H and O–H groups in total. The highest BCUT2D eigenvalue weighted by Crippen LogP contribution is 2.40. The van der Waals surface area contributed by atoms with Gasteiger partial charge in [-0.2, -0.15) is 0 Å². The Morgan fingerprint density at radius 3 is 2.35 bits per heavy atom. The third-order valence-electron chi connectivity index (χ3n) is 3.62. The summed E-state index contributed by atoms with van der Waals surface area (Å²) in [5.74, 6) is 0. The van der Waals surface area contributed by atoms with Crippen LogP contribution in [-0.2, 0) is 6.54 Å². The van der Waals surface area contributed by atoms with Gasteiger partial charge in [-0.3, -0.25) is 0 Å². The monoisotopic (exact) mass is 462 g/mol. The van der Waals surface area contributed by atoms with E-state index in [0.29, 0.717) is 20.1 Å². The summed E-state index contributed by atoms with van der Waals surface area (Å²) in [4.78, 5) is 5.12. The van der Waals surface area contributed by atoms with Crippen LogP contribution in [0, 0.1) is 0 Å². The maximum Gasteiger partial charge on any atom is 0.0946 e. The SMILES string of the molecule is Clc1ccc(SCSC(Cn2ccnc2)c2ccc(Cl)cc2Cl)c(Cl)c1. The molecular formula is C18H14Cl4N2S2. The lowest BCUT2D eigenvalue weighted by Gasteiger charge is -2.19. The second-order valence-corrected chi connectivity index (χ2v) is 9.68. The second kappa shape index (κ2) is 9.63. The molecule has 136 valence electrons. The molecule has 1 aromatic heterocycles. The van der Waals surface area contributed by atoms with E-state index in [9.17, 15) is 0 Å². The average Bonchev–Trinajstić information content (AvgIpc) is 3.09. The van der Waals surface area contributed by atoms with Gasteiger partial charge in [-0.05, 0) is 35.9 Å². The fraction of sp³-hybridized carbons (Fsp3) is 0.167. The van der Waals surface area contributed by atoms with Gasteiger partial charge >= 0.3 is 0 Å². The topological polar surface area (TPSA) is 17.8 Å². The molecule has 26 heavy (non-hydrogen) atoms. The average molecular weight is 464 g/mol. The molecule has 0 aliphatic heterocycles. The summed E-state index contributed by atoms with van der Waals surface area (Å²) in [5.41, 5.74) is 1.05. The molecule has 0 bridgehead atoms. The van der Waals surface area contributed by atoms with Gasteiger partial charge in [-0.1, -0.05) is 52.5 Å². The molecule has 0 spiro atoms. The Balaban J connectivity index is 1.73. The van der Waals surface area contributed by atoms with Gasteiger partial charge in [0.25, 0.3) is 0 Å². The lowest BCUT2D eigenvalue weighted by atomic mass is 10.1. The summed E-state index contributed by atoms with van der Waals surface area (Å²) < 4.78 is 2.04. The third kappa shape index (κ3) is 5.51. The second-order valence-electron chi connectivity index (χ2n) is 5.42.